The van der Waals surface area contributed by atoms with Crippen LogP contribution in [0.2, 0.25) is 0 Å². The van der Waals surface area contributed by atoms with Crippen LogP contribution in [0.5, 0.6) is 0 Å². The Bertz CT molecular complexity index is 1330. The van der Waals surface area contributed by atoms with Crippen molar-refractivity contribution in [2.45, 2.75) is 25.6 Å². The topological polar surface area (TPSA) is 85.1 Å². The Morgan fingerprint density at radius 3 is 2.57 bits per heavy atom. The van der Waals surface area contributed by atoms with E-state index in [2.05, 4.69) is 10.1 Å². The number of carbonyl (C=O) groups is 1. The van der Waals surface area contributed by atoms with Crippen molar-refractivity contribution in [3.8, 4) is 0 Å². The van der Waals surface area contributed by atoms with Crippen LogP contribution in [0.15, 0.2) is 47.3 Å². The minimum absolute atomic E-state index is 0.00969. The molecule has 0 saturated heterocycles. The number of hydrogen-bond acceptors (Lipinski definition) is 5. The van der Waals surface area contributed by atoms with Gasteiger partial charge in [0.15, 0.2) is 0 Å². The Morgan fingerprint density at radius 2 is 1.87 bits per heavy atom. The molecule has 0 unspecified atom stereocenters. The Kier molecular flexibility index (Phi) is 5.02. The molecule has 0 atom stereocenters. The Balaban J connectivity index is 1.73. The summed E-state index contributed by atoms with van der Waals surface area (Å²) in [6.45, 7) is -0.00969. The standard InChI is InChI=1S/C20H14F3N3O3S/c21-20(22,23)9-11-5-6-16-15(7-11)24-17(30-16)10-26-19(29)13-4-2-1-3-12(13)14(25-26)8-18(27)28/h1-7H,8-10H2,(H,27,28). The number of carboxylic acid groups (broad SMARTS) is 1. The molecule has 4 aromatic rings. The molecule has 0 fully saturated rings. The summed E-state index contributed by atoms with van der Waals surface area (Å²) in [7, 11) is 0. The zero-order chi connectivity index (χ0) is 21.5. The Labute approximate surface area is 171 Å². The summed E-state index contributed by atoms with van der Waals surface area (Å²) in [6, 6.07) is 11.0. The third-order valence-corrected chi connectivity index (χ3v) is 5.47. The van der Waals surface area contributed by atoms with Crippen molar-refractivity contribution in [3.63, 3.8) is 0 Å². The van der Waals surface area contributed by atoms with Crippen LogP contribution < -0.4 is 5.56 Å². The molecule has 10 heteroatoms. The molecule has 0 aliphatic carbocycles. The van der Waals surface area contributed by atoms with E-state index in [9.17, 15) is 22.8 Å². The Hall–Kier alpha value is -3.27. The number of aliphatic carboxylic acids is 1. The summed E-state index contributed by atoms with van der Waals surface area (Å²) in [5.74, 6) is -1.07. The number of nitrogens with zero attached hydrogens (tertiary/aromatic N) is 3. The number of hydrogen-bond donors (Lipinski definition) is 1. The fourth-order valence-electron chi connectivity index (χ4n) is 3.24. The second kappa shape index (κ2) is 7.52. The van der Waals surface area contributed by atoms with E-state index in [4.69, 9.17) is 5.11 Å². The molecule has 0 amide bonds. The van der Waals surface area contributed by atoms with Gasteiger partial charge in [0.1, 0.15) is 5.01 Å². The summed E-state index contributed by atoms with van der Waals surface area (Å²) >= 11 is 1.24. The number of carboxylic acids is 1. The maximum absolute atomic E-state index is 12.8. The second-order valence-electron chi connectivity index (χ2n) is 6.73. The average molecular weight is 433 g/mol. The van der Waals surface area contributed by atoms with Gasteiger partial charge >= 0.3 is 12.1 Å². The number of benzene rings is 2. The lowest BCUT2D eigenvalue weighted by Crippen LogP contribution is -2.26. The minimum atomic E-state index is -4.31. The summed E-state index contributed by atoms with van der Waals surface area (Å²) in [5, 5.41) is 14.7. The van der Waals surface area contributed by atoms with Gasteiger partial charge in [-0.1, -0.05) is 24.3 Å². The van der Waals surface area contributed by atoms with Crippen molar-refractivity contribution in [1.82, 2.24) is 14.8 Å². The summed E-state index contributed by atoms with van der Waals surface area (Å²) < 4.78 is 39.7. The highest BCUT2D eigenvalue weighted by molar-refractivity contribution is 7.18. The van der Waals surface area contributed by atoms with Gasteiger partial charge in [-0.3, -0.25) is 9.59 Å². The van der Waals surface area contributed by atoms with Crippen molar-refractivity contribution >= 4 is 38.3 Å². The molecule has 1 N–H and O–H groups in total. The molecular weight excluding hydrogens is 419 g/mol. The molecule has 154 valence electrons. The van der Waals surface area contributed by atoms with Crippen LogP contribution in [0, 0.1) is 0 Å². The fraction of sp³-hybridized carbons (Fsp3) is 0.200. The molecule has 0 bridgehead atoms. The first-order chi connectivity index (χ1) is 14.2. The lowest BCUT2D eigenvalue weighted by molar-refractivity contribution is -0.136. The number of aromatic nitrogens is 3. The van der Waals surface area contributed by atoms with E-state index < -0.39 is 24.1 Å². The van der Waals surface area contributed by atoms with Crippen molar-refractivity contribution in [1.29, 1.82) is 0 Å². The molecule has 0 aliphatic heterocycles. The van der Waals surface area contributed by atoms with Gasteiger partial charge in [0.25, 0.3) is 5.56 Å². The van der Waals surface area contributed by atoms with Crippen LogP contribution in [-0.4, -0.2) is 32.0 Å². The van der Waals surface area contributed by atoms with Crippen molar-refractivity contribution in [2.24, 2.45) is 0 Å². The van der Waals surface area contributed by atoms with Crippen LogP contribution in [0.4, 0.5) is 13.2 Å². The van der Waals surface area contributed by atoms with E-state index in [-0.39, 0.29) is 24.2 Å². The van der Waals surface area contributed by atoms with Gasteiger partial charge in [0, 0.05) is 5.39 Å². The fourth-order valence-corrected chi connectivity index (χ4v) is 4.17. The van der Waals surface area contributed by atoms with Gasteiger partial charge < -0.3 is 5.11 Å². The smallest absolute Gasteiger partial charge is 0.393 e. The van der Waals surface area contributed by atoms with E-state index in [1.807, 2.05) is 0 Å². The first-order valence-corrected chi connectivity index (χ1v) is 9.67. The van der Waals surface area contributed by atoms with E-state index in [0.29, 0.717) is 26.0 Å². The summed E-state index contributed by atoms with van der Waals surface area (Å²) in [4.78, 5) is 28.3. The maximum atomic E-state index is 12.8. The van der Waals surface area contributed by atoms with Crippen LogP contribution in [0.3, 0.4) is 0 Å². The lowest BCUT2D eigenvalue weighted by Gasteiger charge is -2.08. The van der Waals surface area contributed by atoms with Crippen LogP contribution in [0.25, 0.3) is 21.0 Å². The van der Waals surface area contributed by atoms with E-state index >= 15 is 0 Å². The molecule has 2 aromatic carbocycles. The summed E-state index contributed by atoms with van der Waals surface area (Å²) in [5.41, 5.74) is 0.385. The number of fused-ring (bicyclic) bond motifs is 2. The van der Waals surface area contributed by atoms with Crippen LogP contribution in [0.1, 0.15) is 16.3 Å². The zero-order valence-electron chi connectivity index (χ0n) is 15.3. The molecule has 6 nitrogen and oxygen atoms in total. The first-order valence-electron chi connectivity index (χ1n) is 8.85. The van der Waals surface area contributed by atoms with Crippen molar-refractivity contribution in [3.05, 3.63) is 69.1 Å². The van der Waals surface area contributed by atoms with Gasteiger partial charge in [0.05, 0.1) is 40.7 Å². The van der Waals surface area contributed by atoms with Gasteiger partial charge in [-0.2, -0.15) is 18.3 Å². The molecule has 0 radical (unpaired) electrons. The average Bonchev–Trinajstić information content (AvgIpc) is 3.05. The number of rotatable bonds is 5. The zero-order valence-corrected chi connectivity index (χ0v) is 16.1. The minimum Gasteiger partial charge on any atom is -0.481 e. The molecule has 0 saturated carbocycles. The van der Waals surface area contributed by atoms with Gasteiger partial charge in [-0.25, -0.2) is 9.67 Å². The first kappa shape index (κ1) is 20.0. The van der Waals surface area contributed by atoms with Gasteiger partial charge in [-0.15, -0.1) is 11.3 Å². The quantitative estimate of drug-likeness (QED) is 0.518. The number of alkyl halides is 3. The number of thiazole rings is 1. The monoisotopic (exact) mass is 433 g/mol. The third-order valence-electron chi connectivity index (χ3n) is 4.45. The lowest BCUT2D eigenvalue weighted by atomic mass is 10.1. The molecule has 2 heterocycles. The predicted molar refractivity (Wildman–Crippen MR) is 106 cm³/mol. The van der Waals surface area contributed by atoms with E-state index in [0.717, 1.165) is 4.68 Å². The number of halogens is 3. The molecule has 30 heavy (non-hydrogen) atoms. The highest BCUT2D eigenvalue weighted by Gasteiger charge is 2.27. The van der Waals surface area contributed by atoms with E-state index in [1.54, 1.807) is 30.3 Å². The van der Waals surface area contributed by atoms with Gasteiger partial charge in [0.2, 0.25) is 0 Å². The van der Waals surface area contributed by atoms with Crippen molar-refractivity contribution in [2.75, 3.05) is 0 Å². The summed E-state index contributed by atoms with van der Waals surface area (Å²) in [6.07, 6.45) is -5.70. The second-order valence-corrected chi connectivity index (χ2v) is 7.84. The largest absolute Gasteiger partial charge is 0.481 e. The molecule has 4 rings (SSSR count). The molecule has 0 aliphatic rings. The highest BCUT2D eigenvalue weighted by atomic mass is 32.1. The molecular formula is C20H14F3N3O3S. The van der Waals surface area contributed by atoms with Crippen LogP contribution >= 0.6 is 11.3 Å². The van der Waals surface area contributed by atoms with Crippen molar-refractivity contribution < 1.29 is 23.1 Å². The predicted octanol–water partition coefficient (Wildman–Crippen LogP) is 3.79. The SMILES string of the molecule is O=C(O)Cc1nn(Cc2nc3cc(CC(F)(F)F)ccc3s2)c(=O)c2ccccc12. The highest BCUT2D eigenvalue weighted by Crippen LogP contribution is 2.27. The maximum Gasteiger partial charge on any atom is 0.393 e. The van der Waals surface area contributed by atoms with Crippen LogP contribution in [-0.2, 0) is 24.2 Å². The van der Waals surface area contributed by atoms with Gasteiger partial charge in [-0.05, 0) is 23.8 Å². The third kappa shape index (κ3) is 4.18. The normalized spacial score (nSPS) is 12.0. The Morgan fingerprint density at radius 1 is 1.13 bits per heavy atom. The van der Waals surface area contributed by atoms with E-state index in [1.165, 1.54) is 23.5 Å². The molecule has 0 spiro atoms. The molecule has 2 aromatic heterocycles.